The first kappa shape index (κ1) is 15.0. The van der Waals surface area contributed by atoms with E-state index in [4.69, 9.17) is 4.74 Å². The molecule has 0 saturated heterocycles. The monoisotopic (exact) mass is 287 g/mol. The lowest BCUT2D eigenvalue weighted by atomic mass is 9.98. The van der Waals surface area contributed by atoms with E-state index in [2.05, 4.69) is 0 Å². The van der Waals surface area contributed by atoms with Crippen LogP contribution in [0.3, 0.4) is 0 Å². The van der Waals surface area contributed by atoms with Gasteiger partial charge in [0.05, 0.1) is 25.3 Å². The van der Waals surface area contributed by atoms with Crippen molar-refractivity contribution in [2.45, 2.75) is 25.8 Å². The highest BCUT2D eigenvalue weighted by molar-refractivity contribution is 6.00. The van der Waals surface area contributed by atoms with E-state index in [-0.39, 0.29) is 24.4 Å². The first-order chi connectivity index (χ1) is 10.0. The Balaban J connectivity index is 2.27. The standard InChI is InChI=1S/C16H17NO4/c1-11(18)9-14(19)10-13-8-7-12-5-3-4-6-15(12)17(13)16(20)21-2/h3-8,13H,9-10H2,1-2H3. The van der Waals surface area contributed by atoms with Crippen molar-refractivity contribution >= 4 is 29.4 Å². The number of fused-ring (bicyclic) bond motifs is 1. The van der Waals surface area contributed by atoms with Crippen LogP contribution in [-0.4, -0.2) is 30.8 Å². The van der Waals surface area contributed by atoms with E-state index < -0.39 is 12.1 Å². The van der Waals surface area contributed by atoms with Crippen LogP contribution in [0.15, 0.2) is 30.3 Å². The minimum atomic E-state index is -0.521. The number of benzene rings is 1. The third kappa shape index (κ3) is 3.37. The fourth-order valence-corrected chi connectivity index (χ4v) is 2.40. The van der Waals surface area contributed by atoms with Crippen LogP contribution in [0.25, 0.3) is 6.08 Å². The number of nitrogens with zero attached hydrogens (tertiary/aromatic N) is 1. The third-order valence-electron chi connectivity index (χ3n) is 3.28. The Morgan fingerprint density at radius 2 is 1.95 bits per heavy atom. The van der Waals surface area contributed by atoms with E-state index in [9.17, 15) is 14.4 Å². The van der Waals surface area contributed by atoms with E-state index in [1.807, 2.05) is 24.3 Å². The Morgan fingerprint density at radius 3 is 2.62 bits per heavy atom. The number of Topliss-reactive ketones (excluding diaryl/α,β-unsaturated/α-hetero) is 2. The summed E-state index contributed by atoms with van der Waals surface area (Å²) in [6.45, 7) is 1.38. The van der Waals surface area contributed by atoms with Gasteiger partial charge in [0.1, 0.15) is 11.6 Å². The zero-order valence-electron chi connectivity index (χ0n) is 12.0. The lowest BCUT2D eigenvalue weighted by Crippen LogP contribution is -2.42. The first-order valence-corrected chi connectivity index (χ1v) is 6.68. The minimum Gasteiger partial charge on any atom is -0.452 e. The molecule has 0 spiro atoms. The molecule has 1 atom stereocenters. The van der Waals surface area contributed by atoms with Gasteiger partial charge in [-0.15, -0.1) is 0 Å². The molecule has 0 fully saturated rings. The Morgan fingerprint density at radius 1 is 1.24 bits per heavy atom. The topological polar surface area (TPSA) is 63.7 Å². The van der Waals surface area contributed by atoms with Gasteiger partial charge in [0.25, 0.3) is 0 Å². The summed E-state index contributed by atoms with van der Waals surface area (Å²) in [6.07, 6.45) is 3.13. The molecule has 1 aromatic rings. The highest BCUT2D eigenvalue weighted by atomic mass is 16.5. The van der Waals surface area contributed by atoms with Crippen LogP contribution < -0.4 is 4.90 Å². The van der Waals surface area contributed by atoms with Crippen molar-refractivity contribution in [2.75, 3.05) is 12.0 Å². The van der Waals surface area contributed by atoms with Crippen molar-refractivity contribution in [3.8, 4) is 0 Å². The van der Waals surface area contributed by atoms with E-state index in [1.165, 1.54) is 18.9 Å². The van der Waals surface area contributed by atoms with Gasteiger partial charge < -0.3 is 4.74 Å². The van der Waals surface area contributed by atoms with E-state index >= 15 is 0 Å². The normalized spacial score (nSPS) is 16.3. The molecule has 0 N–H and O–H groups in total. The number of para-hydroxylation sites is 1. The van der Waals surface area contributed by atoms with Gasteiger partial charge in [0.15, 0.2) is 0 Å². The fourth-order valence-electron chi connectivity index (χ4n) is 2.40. The molecule has 2 rings (SSSR count). The molecule has 0 saturated carbocycles. The van der Waals surface area contributed by atoms with Crippen LogP contribution in [0.5, 0.6) is 0 Å². The molecule has 1 aliphatic rings. The van der Waals surface area contributed by atoms with Crippen molar-refractivity contribution in [1.82, 2.24) is 0 Å². The van der Waals surface area contributed by atoms with Crippen LogP contribution in [0, 0.1) is 0 Å². The lowest BCUT2D eigenvalue weighted by molar-refractivity contribution is -0.125. The highest BCUT2D eigenvalue weighted by Gasteiger charge is 2.30. The van der Waals surface area contributed by atoms with Gasteiger partial charge in [0, 0.05) is 6.42 Å². The summed E-state index contributed by atoms with van der Waals surface area (Å²) in [4.78, 5) is 36.4. The molecule has 0 bridgehead atoms. The molecule has 1 unspecified atom stereocenters. The predicted molar refractivity (Wildman–Crippen MR) is 79.1 cm³/mol. The Bertz CT molecular complexity index is 606. The van der Waals surface area contributed by atoms with Crippen molar-refractivity contribution in [3.05, 3.63) is 35.9 Å². The van der Waals surface area contributed by atoms with Gasteiger partial charge in [0.2, 0.25) is 0 Å². The number of ether oxygens (including phenoxy) is 1. The second-order valence-corrected chi connectivity index (χ2v) is 4.95. The second kappa shape index (κ2) is 6.35. The molecule has 0 radical (unpaired) electrons. The van der Waals surface area contributed by atoms with E-state index in [1.54, 1.807) is 12.1 Å². The summed E-state index contributed by atoms with van der Waals surface area (Å²) >= 11 is 0. The number of amides is 1. The van der Waals surface area contributed by atoms with Gasteiger partial charge in [-0.1, -0.05) is 30.4 Å². The number of carbonyl (C=O) groups is 3. The maximum atomic E-state index is 12.0. The number of hydrogen-bond acceptors (Lipinski definition) is 4. The lowest BCUT2D eigenvalue weighted by Gasteiger charge is -2.32. The Kier molecular flexibility index (Phi) is 4.52. The van der Waals surface area contributed by atoms with Gasteiger partial charge in [-0.05, 0) is 18.6 Å². The molecule has 5 heteroatoms. The first-order valence-electron chi connectivity index (χ1n) is 6.68. The zero-order chi connectivity index (χ0) is 15.4. The number of rotatable bonds is 4. The fraction of sp³-hybridized carbons (Fsp3) is 0.312. The second-order valence-electron chi connectivity index (χ2n) is 4.95. The maximum Gasteiger partial charge on any atom is 0.414 e. The number of methoxy groups -OCH3 is 1. The van der Waals surface area contributed by atoms with Crippen molar-refractivity contribution in [3.63, 3.8) is 0 Å². The molecule has 1 amide bonds. The minimum absolute atomic E-state index is 0.0967. The smallest absolute Gasteiger partial charge is 0.414 e. The molecule has 5 nitrogen and oxygen atoms in total. The Labute approximate surface area is 123 Å². The number of ketones is 2. The average molecular weight is 287 g/mol. The molecule has 0 aliphatic carbocycles. The predicted octanol–water partition coefficient (Wildman–Crippen LogP) is 2.59. The molecule has 21 heavy (non-hydrogen) atoms. The van der Waals surface area contributed by atoms with Gasteiger partial charge >= 0.3 is 6.09 Å². The van der Waals surface area contributed by atoms with Crippen LogP contribution in [-0.2, 0) is 14.3 Å². The molecule has 0 aromatic heterocycles. The molecule has 1 aliphatic heterocycles. The summed E-state index contributed by atoms with van der Waals surface area (Å²) in [7, 11) is 1.30. The van der Waals surface area contributed by atoms with Crippen molar-refractivity contribution in [1.29, 1.82) is 0 Å². The number of hydrogen-bond donors (Lipinski definition) is 0. The van der Waals surface area contributed by atoms with Crippen LogP contribution in [0.2, 0.25) is 0 Å². The van der Waals surface area contributed by atoms with Gasteiger partial charge in [-0.3, -0.25) is 14.5 Å². The van der Waals surface area contributed by atoms with Crippen LogP contribution in [0.1, 0.15) is 25.3 Å². The third-order valence-corrected chi connectivity index (χ3v) is 3.28. The quantitative estimate of drug-likeness (QED) is 0.798. The van der Waals surface area contributed by atoms with E-state index in [0.717, 1.165) is 5.56 Å². The molecular weight excluding hydrogens is 270 g/mol. The van der Waals surface area contributed by atoms with Gasteiger partial charge in [-0.2, -0.15) is 0 Å². The largest absolute Gasteiger partial charge is 0.452 e. The van der Waals surface area contributed by atoms with Crippen molar-refractivity contribution in [2.24, 2.45) is 0 Å². The number of carbonyl (C=O) groups excluding carboxylic acids is 3. The van der Waals surface area contributed by atoms with Crippen molar-refractivity contribution < 1.29 is 19.1 Å². The molecular formula is C16H17NO4. The highest BCUT2D eigenvalue weighted by Crippen LogP contribution is 2.30. The molecule has 1 aromatic carbocycles. The number of anilines is 1. The van der Waals surface area contributed by atoms with E-state index in [0.29, 0.717) is 5.69 Å². The van der Waals surface area contributed by atoms with Crippen LogP contribution >= 0.6 is 0 Å². The molecule has 110 valence electrons. The maximum absolute atomic E-state index is 12.0. The van der Waals surface area contributed by atoms with Crippen LogP contribution in [0.4, 0.5) is 10.5 Å². The summed E-state index contributed by atoms with van der Waals surface area (Å²) in [5, 5.41) is 0. The Hall–Kier alpha value is -2.43. The summed E-state index contributed by atoms with van der Waals surface area (Å²) in [6, 6.07) is 6.95. The molecule has 1 heterocycles. The SMILES string of the molecule is COC(=O)N1c2ccccc2C=CC1CC(=O)CC(C)=O. The summed E-state index contributed by atoms with van der Waals surface area (Å²) in [5.41, 5.74) is 1.59. The average Bonchev–Trinajstić information content (AvgIpc) is 2.45. The summed E-state index contributed by atoms with van der Waals surface area (Å²) in [5.74, 6) is -0.366. The van der Waals surface area contributed by atoms with Gasteiger partial charge in [-0.25, -0.2) is 4.79 Å². The zero-order valence-corrected chi connectivity index (χ0v) is 12.0. The summed E-state index contributed by atoms with van der Waals surface area (Å²) < 4.78 is 4.81.